The second kappa shape index (κ2) is 10.0. The molecule has 0 radical (unpaired) electrons. The van der Waals surface area contributed by atoms with Crippen LogP contribution in [0.1, 0.15) is 58.8 Å². The van der Waals surface area contributed by atoms with Crippen molar-refractivity contribution in [3.8, 4) is 0 Å². The molecule has 0 saturated carbocycles. The number of hydrogen-bond donors (Lipinski definition) is 1. The summed E-state index contributed by atoms with van der Waals surface area (Å²) in [5.41, 5.74) is 5.16. The quantitative estimate of drug-likeness (QED) is 0.493. The van der Waals surface area contributed by atoms with Gasteiger partial charge in [-0.05, 0) is 13.3 Å². The summed E-state index contributed by atoms with van der Waals surface area (Å²) in [7, 11) is 0. The summed E-state index contributed by atoms with van der Waals surface area (Å²) in [5.74, 6) is -2.13. The molecule has 0 aliphatic carbocycles. The van der Waals surface area contributed by atoms with Crippen molar-refractivity contribution in [2.24, 2.45) is 11.7 Å². The summed E-state index contributed by atoms with van der Waals surface area (Å²) in [6.07, 6.45) is 1.24. The third-order valence-electron chi connectivity index (χ3n) is 3.27. The van der Waals surface area contributed by atoms with Gasteiger partial charge in [0.2, 0.25) is 0 Å². The Morgan fingerprint density at radius 3 is 2.15 bits per heavy atom. The van der Waals surface area contributed by atoms with E-state index in [2.05, 4.69) is 6.92 Å². The summed E-state index contributed by atoms with van der Waals surface area (Å²) in [4.78, 5) is 11.6. The first-order chi connectivity index (χ1) is 9.34. The third-order valence-corrected chi connectivity index (χ3v) is 3.27. The summed E-state index contributed by atoms with van der Waals surface area (Å²) < 4.78 is 42.6. The molecule has 120 valence electrons. The van der Waals surface area contributed by atoms with Crippen LogP contribution in [0.25, 0.3) is 0 Å². The molecule has 0 unspecified atom stereocenters. The van der Waals surface area contributed by atoms with Gasteiger partial charge >= 0.3 is 12.1 Å². The zero-order valence-corrected chi connectivity index (χ0v) is 12.3. The SMILES string of the molecule is CCCCCCCC[C@H](C(=O)OCC)[C@H](N)C(F)(F)F. The molecule has 0 aliphatic rings. The molecule has 0 spiro atoms. The van der Waals surface area contributed by atoms with Crippen LogP contribution >= 0.6 is 0 Å². The van der Waals surface area contributed by atoms with Crippen molar-refractivity contribution in [1.82, 2.24) is 0 Å². The van der Waals surface area contributed by atoms with Gasteiger partial charge in [-0.3, -0.25) is 4.79 Å². The number of alkyl halides is 3. The maximum Gasteiger partial charge on any atom is 0.404 e. The van der Waals surface area contributed by atoms with Crippen LogP contribution in [0.3, 0.4) is 0 Å². The molecule has 6 heteroatoms. The highest BCUT2D eigenvalue weighted by Gasteiger charge is 2.45. The van der Waals surface area contributed by atoms with Crippen LogP contribution in [-0.2, 0) is 9.53 Å². The number of esters is 1. The van der Waals surface area contributed by atoms with Crippen LogP contribution in [0.15, 0.2) is 0 Å². The number of ether oxygens (including phenoxy) is 1. The van der Waals surface area contributed by atoms with E-state index in [-0.39, 0.29) is 13.0 Å². The summed E-state index contributed by atoms with van der Waals surface area (Å²) >= 11 is 0. The Hall–Kier alpha value is -0.780. The minimum Gasteiger partial charge on any atom is -0.466 e. The van der Waals surface area contributed by atoms with Crippen LogP contribution in [0, 0.1) is 5.92 Å². The molecule has 0 fully saturated rings. The number of unbranched alkanes of at least 4 members (excludes halogenated alkanes) is 5. The maximum absolute atomic E-state index is 12.6. The molecule has 3 nitrogen and oxygen atoms in total. The van der Waals surface area contributed by atoms with Gasteiger partial charge in [0.15, 0.2) is 0 Å². The normalized spacial score (nSPS) is 14.9. The molecule has 0 amide bonds. The van der Waals surface area contributed by atoms with Crippen molar-refractivity contribution in [2.45, 2.75) is 71.0 Å². The Bertz CT molecular complexity index is 270. The van der Waals surface area contributed by atoms with Crippen molar-refractivity contribution in [2.75, 3.05) is 6.61 Å². The van der Waals surface area contributed by atoms with Gasteiger partial charge in [0.25, 0.3) is 0 Å². The van der Waals surface area contributed by atoms with Crippen LogP contribution < -0.4 is 5.73 Å². The first kappa shape index (κ1) is 19.2. The molecule has 0 aromatic heterocycles. The first-order valence-electron chi connectivity index (χ1n) is 7.33. The number of hydrogen-bond acceptors (Lipinski definition) is 3. The molecular weight excluding hydrogens is 271 g/mol. The Morgan fingerprint density at radius 1 is 1.10 bits per heavy atom. The van der Waals surface area contributed by atoms with Gasteiger partial charge in [0.05, 0.1) is 12.5 Å². The molecule has 2 N–H and O–H groups in total. The van der Waals surface area contributed by atoms with Gasteiger partial charge in [-0.1, -0.05) is 45.4 Å². The zero-order chi connectivity index (χ0) is 15.6. The molecule has 0 bridgehead atoms. The molecule has 0 aliphatic heterocycles. The van der Waals surface area contributed by atoms with Crippen molar-refractivity contribution < 1.29 is 22.7 Å². The average molecular weight is 297 g/mol. The molecule has 20 heavy (non-hydrogen) atoms. The minimum atomic E-state index is -4.57. The van der Waals surface area contributed by atoms with Crippen LogP contribution in [0.4, 0.5) is 13.2 Å². The lowest BCUT2D eigenvalue weighted by molar-refractivity contribution is -0.176. The molecule has 0 rings (SSSR count). The number of carbonyl (C=O) groups excluding carboxylic acids is 1. The summed E-state index contributed by atoms with van der Waals surface area (Å²) in [6.45, 7) is 3.73. The predicted octanol–water partition coefficient (Wildman–Crippen LogP) is 3.81. The average Bonchev–Trinajstić information content (AvgIpc) is 2.36. The van der Waals surface area contributed by atoms with E-state index in [1.54, 1.807) is 6.92 Å². The van der Waals surface area contributed by atoms with E-state index in [4.69, 9.17) is 10.5 Å². The van der Waals surface area contributed by atoms with Gasteiger partial charge in [0, 0.05) is 0 Å². The van der Waals surface area contributed by atoms with Crippen molar-refractivity contribution >= 4 is 5.97 Å². The Balaban J connectivity index is 4.29. The highest BCUT2D eigenvalue weighted by Crippen LogP contribution is 2.28. The second-order valence-electron chi connectivity index (χ2n) is 4.98. The smallest absolute Gasteiger partial charge is 0.404 e. The fraction of sp³-hybridized carbons (Fsp3) is 0.929. The van der Waals surface area contributed by atoms with Crippen LogP contribution in [0.2, 0.25) is 0 Å². The number of rotatable bonds is 10. The summed E-state index contributed by atoms with van der Waals surface area (Å²) in [6, 6.07) is -2.14. The second-order valence-corrected chi connectivity index (χ2v) is 4.98. The van der Waals surface area contributed by atoms with E-state index >= 15 is 0 Å². The standard InChI is InChI=1S/C14H26F3NO2/c1-3-5-6-7-8-9-10-11(13(19)20-4-2)12(18)14(15,16)17/h11-12H,3-10,18H2,1-2H3/t11-,12-/m0/s1. The number of carbonyl (C=O) groups is 1. The topological polar surface area (TPSA) is 52.3 Å². The Morgan fingerprint density at radius 2 is 1.65 bits per heavy atom. The van der Waals surface area contributed by atoms with E-state index in [1.807, 2.05) is 0 Å². The molecular formula is C14H26F3NO2. The van der Waals surface area contributed by atoms with Gasteiger partial charge in [-0.15, -0.1) is 0 Å². The Labute approximate surface area is 119 Å². The van der Waals surface area contributed by atoms with Crippen molar-refractivity contribution in [3.63, 3.8) is 0 Å². The number of nitrogens with two attached hydrogens (primary N) is 1. The van der Waals surface area contributed by atoms with E-state index < -0.39 is 24.1 Å². The van der Waals surface area contributed by atoms with Crippen molar-refractivity contribution in [1.29, 1.82) is 0 Å². The highest BCUT2D eigenvalue weighted by molar-refractivity contribution is 5.73. The monoisotopic (exact) mass is 297 g/mol. The highest BCUT2D eigenvalue weighted by atomic mass is 19.4. The molecule has 0 aromatic rings. The van der Waals surface area contributed by atoms with Gasteiger partial charge < -0.3 is 10.5 Å². The van der Waals surface area contributed by atoms with E-state index in [0.29, 0.717) is 6.42 Å². The lowest BCUT2D eigenvalue weighted by atomic mass is 9.93. The van der Waals surface area contributed by atoms with E-state index in [9.17, 15) is 18.0 Å². The lowest BCUT2D eigenvalue weighted by Gasteiger charge is -2.24. The van der Waals surface area contributed by atoms with Gasteiger partial charge in [0.1, 0.15) is 6.04 Å². The van der Waals surface area contributed by atoms with E-state index in [1.165, 1.54) is 0 Å². The van der Waals surface area contributed by atoms with Crippen LogP contribution in [0.5, 0.6) is 0 Å². The van der Waals surface area contributed by atoms with Crippen LogP contribution in [-0.4, -0.2) is 24.8 Å². The molecule has 0 saturated heterocycles. The van der Waals surface area contributed by atoms with Gasteiger partial charge in [-0.2, -0.15) is 13.2 Å². The molecule has 0 aromatic carbocycles. The fourth-order valence-corrected chi connectivity index (χ4v) is 2.07. The predicted molar refractivity (Wildman–Crippen MR) is 72.1 cm³/mol. The number of halogens is 3. The zero-order valence-electron chi connectivity index (χ0n) is 12.3. The maximum atomic E-state index is 12.6. The Kier molecular flexibility index (Phi) is 9.63. The molecule has 2 atom stereocenters. The third kappa shape index (κ3) is 7.72. The first-order valence-corrected chi connectivity index (χ1v) is 7.33. The summed E-state index contributed by atoms with van der Waals surface area (Å²) in [5, 5.41) is 0. The lowest BCUT2D eigenvalue weighted by Crippen LogP contribution is -2.47. The van der Waals surface area contributed by atoms with Crippen molar-refractivity contribution in [3.05, 3.63) is 0 Å². The fourth-order valence-electron chi connectivity index (χ4n) is 2.07. The van der Waals surface area contributed by atoms with Gasteiger partial charge in [-0.25, -0.2) is 0 Å². The minimum absolute atomic E-state index is 0.0659. The molecule has 0 heterocycles. The van der Waals surface area contributed by atoms with E-state index in [0.717, 1.165) is 32.1 Å². The largest absolute Gasteiger partial charge is 0.466 e.